The van der Waals surface area contributed by atoms with Crippen molar-refractivity contribution in [1.29, 1.82) is 0 Å². The number of hydrogen-bond acceptors (Lipinski definition) is 2. The van der Waals surface area contributed by atoms with Crippen LogP contribution >= 0.6 is 0 Å². The molecule has 0 aromatic heterocycles. The highest BCUT2D eigenvalue weighted by molar-refractivity contribution is 5.53. The fourth-order valence-electron chi connectivity index (χ4n) is 3.73. The van der Waals surface area contributed by atoms with Gasteiger partial charge in [0.05, 0.1) is 11.3 Å². The van der Waals surface area contributed by atoms with Gasteiger partial charge in [-0.15, -0.1) is 0 Å². The molecule has 0 saturated carbocycles. The Morgan fingerprint density at radius 2 is 1.88 bits per heavy atom. The molecule has 1 aliphatic rings. The molecule has 2 nitrogen and oxygen atoms in total. The Morgan fingerprint density at radius 3 is 2.44 bits per heavy atom. The molecule has 32 heavy (non-hydrogen) atoms. The molecule has 0 amide bonds. The molecule has 0 radical (unpaired) electrons. The second kappa shape index (κ2) is 11.8. The zero-order valence-corrected chi connectivity index (χ0v) is 19.7. The Balaban J connectivity index is 2.54. The summed E-state index contributed by atoms with van der Waals surface area (Å²) in [6, 6.07) is 9.64. The van der Waals surface area contributed by atoms with Crippen LogP contribution < -0.4 is 4.74 Å². The fraction of sp³-hybridized carbons (Fsp3) is 0.407. The predicted octanol–water partition coefficient (Wildman–Crippen LogP) is 7.78. The number of likely N-dealkylation sites (tertiary alicyclic amines) is 1. The summed E-state index contributed by atoms with van der Waals surface area (Å²) < 4.78 is 47.1. The summed E-state index contributed by atoms with van der Waals surface area (Å²) in [6.45, 7) is 8.26. The van der Waals surface area contributed by atoms with E-state index in [0.717, 1.165) is 42.0 Å². The molecule has 1 heterocycles. The molecule has 174 valence electrons. The smallest absolute Gasteiger partial charge is 0.416 e. The molecule has 5 heteroatoms. The number of rotatable bonds is 7. The van der Waals surface area contributed by atoms with Crippen LogP contribution in [-0.4, -0.2) is 30.8 Å². The third-order valence-corrected chi connectivity index (χ3v) is 5.30. The number of hydrogen-bond donors (Lipinski definition) is 0. The first-order valence-electron chi connectivity index (χ1n) is 11.1. The molecule has 1 fully saturated rings. The minimum absolute atomic E-state index is 0.161. The van der Waals surface area contributed by atoms with Crippen LogP contribution in [0, 0.1) is 0 Å². The molecule has 1 saturated heterocycles. The van der Waals surface area contributed by atoms with E-state index in [-0.39, 0.29) is 6.10 Å². The van der Waals surface area contributed by atoms with Gasteiger partial charge in [-0.2, -0.15) is 13.2 Å². The number of ether oxygens (including phenoxy) is 1. The third kappa shape index (κ3) is 7.18. The minimum Gasteiger partial charge on any atom is -0.484 e. The molecule has 1 unspecified atom stereocenters. The van der Waals surface area contributed by atoms with Gasteiger partial charge in [0.1, 0.15) is 11.9 Å². The van der Waals surface area contributed by atoms with Gasteiger partial charge < -0.3 is 9.64 Å². The van der Waals surface area contributed by atoms with Crippen molar-refractivity contribution in [2.45, 2.75) is 59.2 Å². The molecular formula is C27H34F3NO. The number of likely N-dealkylation sites (N-methyl/N-ethyl adjacent to an activating group) is 1. The largest absolute Gasteiger partial charge is 0.484 e. The maximum Gasteiger partial charge on any atom is 0.416 e. The highest BCUT2D eigenvalue weighted by Gasteiger charge is 2.32. The van der Waals surface area contributed by atoms with Crippen LogP contribution in [-0.2, 0) is 0 Å². The van der Waals surface area contributed by atoms with Crippen LogP contribution in [0.15, 0.2) is 88.7 Å². The molecule has 1 atom stereocenters. The molecule has 1 aliphatic heterocycles. The van der Waals surface area contributed by atoms with Gasteiger partial charge in [-0.25, -0.2) is 0 Å². The van der Waals surface area contributed by atoms with Gasteiger partial charge in [-0.3, -0.25) is 0 Å². The monoisotopic (exact) mass is 445 g/mol. The minimum atomic E-state index is -4.40. The van der Waals surface area contributed by atoms with Gasteiger partial charge in [0.2, 0.25) is 0 Å². The summed E-state index contributed by atoms with van der Waals surface area (Å²) in [6.07, 6.45) is 5.59. The lowest BCUT2D eigenvalue weighted by Gasteiger charge is -2.35. The van der Waals surface area contributed by atoms with E-state index in [9.17, 15) is 13.2 Å². The van der Waals surface area contributed by atoms with E-state index >= 15 is 0 Å². The highest BCUT2D eigenvalue weighted by atomic mass is 19.4. The number of halogens is 3. The summed E-state index contributed by atoms with van der Waals surface area (Å²) in [5, 5.41) is 0. The number of allylic oxidation sites excluding steroid dienone is 9. The average molecular weight is 446 g/mol. The SMILES string of the molecule is C\C=C/C(=C\C(=C\CC)C(F)(F)F)C(/C=C1/C(Oc2ccccc2)CCCN1C)=C(C)C. The molecule has 2 rings (SSSR count). The lowest BCUT2D eigenvalue weighted by Crippen LogP contribution is -2.36. The van der Waals surface area contributed by atoms with Crippen molar-refractivity contribution < 1.29 is 17.9 Å². The van der Waals surface area contributed by atoms with Crippen LogP contribution in [0.3, 0.4) is 0 Å². The van der Waals surface area contributed by atoms with Crippen LogP contribution in [0.1, 0.15) is 47.0 Å². The summed E-state index contributed by atoms with van der Waals surface area (Å²) in [5.74, 6) is 0.784. The van der Waals surface area contributed by atoms with E-state index in [1.807, 2.05) is 64.2 Å². The van der Waals surface area contributed by atoms with E-state index in [2.05, 4.69) is 4.90 Å². The third-order valence-electron chi connectivity index (χ3n) is 5.30. The van der Waals surface area contributed by atoms with Crippen molar-refractivity contribution in [1.82, 2.24) is 4.90 Å². The first-order chi connectivity index (χ1) is 15.2. The first kappa shape index (κ1) is 25.6. The predicted molar refractivity (Wildman–Crippen MR) is 127 cm³/mol. The van der Waals surface area contributed by atoms with E-state index in [1.165, 1.54) is 12.2 Å². The second-order valence-corrected chi connectivity index (χ2v) is 8.13. The number of alkyl halides is 3. The summed E-state index contributed by atoms with van der Waals surface area (Å²) in [7, 11) is 2.01. The Kier molecular flexibility index (Phi) is 9.42. The standard InChI is InChI=1S/C27H34F3NO/c1-6-12-21(18-22(13-7-2)27(28,29)30)24(20(3)4)19-25-26(16-11-17-31(25)5)32-23-14-9-8-10-15-23/h6,8-10,12-15,18-19,26H,7,11,16-17H2,1-5H3/b12-6-,21-18+,22-13-,25-19-. The molecule has 1 aromatic rings. The summed E-state index contributed by atoms with van der Waals surface area (Å²) in [4.78, 5) is 2.14. The normalized spacial score (nSPS) is 19.6. The van der Waals surface area contributed by atoms with Gasteiger partial charge in [0.25, 0.3) is 0 Å². The lowest BCUT2D eigenvalue weighted by atomic mass is 9.94. The zero-order valence-electron chi connectivity index (χ0n) is 19.7. The maximum absolute atomic E-state index is 13.6. The number of nitrogens with zero attached hydrogens (tertiary/aromatic N) is 1. The highest BCUT2D eigenvalue weighted by Crippen LogP contribution is 2.32. The number of benzene rings is 1. The fourth-order valence-corrected chi connectivity index (χ4v) is 3.73. The lowest BCUT2D eigenvalue weighted by molar-refractivity contribution is -0.0884. The van der Waals surface area contributed by atoms with Gasteiger partial charge in [0.15, 0.2) is 0 Å². The second-order valence-electron chi connectivity index (χ2n) is 8.13. The summed E-state index contributed by atoms with van der Waals surface area (Å²) >= 11 is 0. The van der Waals surface area contributed by atoms with E-state index < -0.39 is 11.7 Å². The van der Waals surface area contributed by atoms with E-state index in [1.54, 1.807) is 19.1 Å². The molecule has 0 N–H and O–H groups in total. The topological polar surface area (TPSA) is 12.5 Å². The van der Waals surface area contributed by atoms with Crippen molar-refractivity contribution in [2.24, 2.45) is 0 Å². The Morgan fingerprint density at radius 1 is 1.19 bits per heavy atom. The molecule has 1 aromatic carbocycles. The van der Waals surface area contributed by atoms with E-state index in [4.69, 9.17) is 4.74 Å². The van der Waals surface area contributed by atoms with Crippen molar-refractivity contribution >= 4 is 0 Å². The van der Waals surface area contributed by atoms with Crippen molar-refractivity contribution in [2.75, 3.05) is 13.6 Å². The zero-order chi connectivity index (χ0) is 23.7. The van der Waals surface area contributed by atoms with Gasteiger partial charge in [0, 0.05) is 13.6 Å². The Hall–Kier alpha value is -2.69. The first-order valence-corrected chi connectivity index (χ1v) is 11.1. The average Bonchev–Trinajstić information content (AvgIpc) is 2.72. The number of para-hydroxylation sites is 1. The van der Waals surface area contributed by atoms with Crippen LogP contribution in [0.25, 0.3) is 0 Å². The molecule has 0 aliphatic carbocycles. The van der Waals surface area contributed by atoms with Crippen molar-refractivity contribution in [3.8, 4) is 5.75 Å². The van der Waals surface area contributed by atoms with Crippen molar-refractivity contribution in [3.63, 3.8) is 0 Å². The summed E-state index contributed by atoms with van der Waals surface area (Å²) in [5.41, 5.74) is 2.60. The number of piperidine rings is 1. The molecule has 0 bridgehead atoms. The van der Waals surface area contributed by atoms with Gasteiger partial charge >= 0.3 is 6.18 Å². The maximum atomic E-state index is 13.6. The van der Waals surface area contributed by atoms with Gasteiger partial charge in [-0.1, -0.05) is 48.9 Å². The van der Waals surface area contributed by atoms with Crippen LogP contribution in [0.5, 0.6) is 5.75 Å². The van der Waals surface area contributed by atoms with Crippen molar-refractivity contribution in [3.05, 3.63) is 88.7 Å². The van der Waals surface area contributed by atoms with E-state index in [0.29, 0.717) is 12.0 Å². The van der Waals surface area contributed by atoms with Crippen LogP contribution in [0.2, 0.25) is 0 Å². The van der Waals surface area contributed by atoms with Crippen LogP contribution in [0.4, 0.5) is 13.2 Å². The Bertz CT molecular complexity index is 901. The molecule has 0 spiro atoms. The Labute approximate surface area is 190 Å². The quantitative estimate of drug-likeness (QED) is 0.397. The van der Waals surface area contributed by atoms with Gasteiger partial charge in [-0.05, 0) is 75.5 Å². The molecular weight excluding hydrogens is 411 g/mol.